The van der Waals surface area contributed by atoms with E-state index in [2.05, 4.69) is 43.9 Å². The van der Waals surface area contributed by atoms with Gasteiger partial charge in [0.05, 0.1) is 12.0 Å². The Morgan fingerprint density at radius 2 is 1.60 bits per heavy atom. The number of hydrogen-bond acceptors (Lipinski definition) is 7. The van der Waals surface area contributed by atoms with Crippen molar-refractivity contribution >= 4 is 21.4 Å². The van der Waals surface area contributed by atoms with Gasteiger partial charge in [-0.15, -0.1) is 0 Å². The molecule has 1 aliphatic heterocycles. The molecule has 8 heteroatoms. The number of anilines is 1. The van der Waals surface area contributed by atoms with Crippen molar-refractivity contribution in [1.82, 2.24) is 0 Å². The number of rotatable bonds is 7. The van der Waals surface area contributed by atoms with E-state index >= 15 is 0 Å². The summed E-state index contributed by atoms with van der Waals surface area (Å²) in [5, 5.41) is 7.33. The van der Waals surface area contributed by atoms with Gasteiger partial charge in [0.1, 0.15) is 12.5 Å². The Bertz CT molecular complexity index is 1390. The molecule has 4 rings (SSSR count). The van der Waals surface area contributed by atoms with Crippen molar-refractivity contribution in [1.29, 1.82) is 5.41 Å². The molecule has 0 spiro atoms. The molecule has 7 nitrogen and oxygen atoms in total. The van der Waals surface area contributed by atoms with Crippen LogP contribution in [0.15, 0.2) is 89.5 Å². The van der Waals surface area contributed by atoms with E-state index in [9.17, 15) is 8.42 Å². The first kappa shape index (κ1) is 36.4. The summed E-state index contributed by atoms with van der Waals surface area (Å²) < 4.78 is 33.7. The van der Waals surface area contributed by atoms with E-state index in [0.29, 0.717) is 4.90 Å². The maximum absolute atomic E-state index is 11.7. The molecule has 1 aliphatic rings. The minimum Gasteiger partial charge on any atom is -0.497 e. The maximum atomic E-state index is 11.7. The van der Waals surface area contributed by atoms with Crippen LogP contribution in [0.3, 0.4) is 0 Å². The largest absolute Gasteiger partial charge is 0.497 e. The van der Waals surface area contributed by atoms with Crippen molar-refractivity contribution in [2.24, 2.45) is 5.73 Å². The molecular formula is C34H49N3O4S. The molecular weight excluding hydrogens is 546 g/mol. The Morgan fingerprint density at radius 3 is 2.07 bits per heavy atom. The molecule has 3 aromatic rings. The summed E-state index contributed by atoms with van der Waals surface area (Å²) in [6, 6.07) is 22.7. The minimum absolute atomic E-state index is 0.0493. The number of nitrogens with one attached hydrogen (secondary N) is 1. The van der Waals surface area contributed by atoms with Crippen LogP contribution in [0.5, 0.6) is 5.75 Å². The van der Waals surface area contributed by atoms with E-state index in [1.54, 1.807) is 31.4 Å². The van der Waals surface area contributed by atoms with E-state index in [4.69, 9.17) is 20.6 Å². The second-order valence-corrected chi connectivity index (χ2v) is 11.2. The molecule has 1 atom stereocenters. The molecule has 3 aromatic carbocycles. The van der Waals surface area contributed by atoms with Gasteiger partial charge in [0.2, 0.25) is 5.90 Å². The molecule has 0 saturated carbocycles. The third-order valence-electron chi connectivity index (χ3n) is 6.71. The third kappa shape index (κ3) is 8.94. The molecule has 1 unspecified atom stereocenters. The minimum atomic E-state index is -3.18. The second kappa shape index (κ2) is 17.4. The van der Waals surface area contributed by atoms with Gasteiger partial charge in [-0.05, 0) is 80.8 Å². The molecule has 0 saturated heterocycles. The standard InChI is InChI=1S/C22H27NO3S.C8H10N2O.2C2H6/c1-6-21-22(3,15-16-8-11-18(12-9-16)27(5,24)25)19-14-17(26-4)10-13-20(19)23(21)7-2;9-6-11-8(10)7-4-2-1-3-5-7;2*1-2/h6,8-14H,7,15H2,1-5H3;1-5,10H,6,9H2;2*1-2H3/b21-6-;;;. The predicted octanol–water partition coefficient (Wildman–Crippen LogP) is 7.34. The van der Waals surface area contributed by atoms with Gasteiger partial charge in [0.25, 0.3) is 0 Å². The molecule has 1 heterocycles. The van der Waals surface area contributed by atoms with Crippen LogP contribution in [0.25, 0.3) is 0 Å². The number of nitrogens with two attached hydrogens (primary N) is 1. The van der Waals surface area contributed by atoms with E-state index in [0.717, 1.165) is 29.8 Å². The van der Waals surface area contributed by atoms with Crippen molar-refractivity contribution in [2.45, 2.75) is 65.2 Å². The summed E-state index contributed by atoms with van der Waals surface area (Å²) in [6.07, 6.45) is 4.20. The zero-order chi connectivity index (χ0) is 31.9. The molecule has 3 N–H and O–H groups in total. The Labute approximate surface area is 253 Å². The average Bonchev–Trinajstić information content (AvgIpc) is 3.25. The lowest BCUT2D eigenvalue weighted by molar-refractivity contribution is 0.315. The number of methoxy groups -OCH3 is 1. The van der Waals surface area contributed by atoms with Crippen LogP contribution in [-0.4, -0.2) is 41.0 Å². The van der Waals surface area contributed by atoms with Crippen LogP contribution in [0.1, 0.15) is 65.2 Å². The van der Waals surface area contributed by atoms with Gasteiger partial charge in [-0.25, -0.2) is 8.42 Å². The molecule has 0 bridgehead atoms. The number of ether oxygens (including phenoxy) is 2. The fourth-order valence-electron chi connectivity index (χ4n) is 4.90. The van der Waals surface area contributed by atoms with Gasteiger partial charge in [-0.3, -0.25) is 11.1 Å². The highest BCUT2D eigenvalue weighted by molar-refractivity contribution is 7.90. The zero-order valence-corrected chi connectivity index (χ0v) is 27.5. The summed E-state index contributed by atoms with van der Waals surface area (Å²) in [6.45, 7) is 15.4. The lowest BCUT2D eigenvalue weighted by Gasteiger charge is -2.30. The zero-order valence-electron chi connectivity index (χ0n) is 26.7. The van der Waals surface area contributed by atoms with Crippen LogP contribution in [0.2, 0.25) is 0 Å². The number of allylic oxidation sites excluding steroid dienone is 2. The summed E-state index contributed by atoms with van der Waals surface area (Å²) in [5.74, 6) is 0.967. The van der Waals surface area contributed by atoms with Gasteiger partial charge in [0.15, 0.2) is 9.84 Å². The lowest BCUT2D eigenvalue weighted by atomic mass is 9.76. The summed E-state index contributed by atoms with van der Waals surface area (Å²) in [7, 11) is -1.50. The molecule has 0 radical (unpaired) electrons. The van der Waals surface area contributed by atoms with Crippen molar-refractivity contribution in [2.75, 3.05) is 31.5 Å². The number of likely N-dealkylation sites (N-methyl/N-ethyl adjacent to an activating group) is 1. The number of hydrogen-bond donors (Lipinski definition) is 2. The topological polar surface area (TPSA) is 106 Å². The van der Waals surface area contributed by atoms with Gasteiger partial charge < -0.3 is 14.4 Å². The van der Waals surface area contributed by atoms with Crippen LogP contribution < -0.4 is 15.4 Å². The molecule has 42 heavy (non-hydrogen) atoms. The highest BCUT2D eigenvalue weighted by Crippen LogP contribution is 2.50. The molecule has 0 fully saturated rings. The fourth-order valence-corrected chi connectivity index (χ4v) is 5.54. The Hall–Kier alpha value is -3.62. The lowest BCUT2D eigenvalue weighted by Crippen LogP contribution is -2.30. The third-order valence-corrected chi connectivity index (χ3v) is 7.84. The van der Waals surface area contributed by atoms with E-state index < -0.39 is 9.84 Å². The van der Waals surface area contributed by atoms with Crippen molar-refractivity contribution in [3.8, 4) is 5.75 Å². The Morgan fingerprint density at radius 1 is 1.00 bits per heavy atom. The monoisotopic (exact) mass is 595 g/mol. The van der Waals surface area contributed by atoms with Gasteiger partial charge in [0, 0.05) is 35.2 Å². The van der Waals surface area contributed by atoms with Crippen LogP contribution in [-0.2, 0) is 26.4 Å². The average molecular weight is 596 g/mol. The van der Waals surface area contributed by atoms with E-state index in [1.807, 2.05) is 64.1 Å². The van der Waals surface area contributed by atoms with Crippen LogP contribution in [0, 0.1) is 5.41 Å². The number of sulfone groups is 1. The first-order chi connectivity index (χ1) is 20.1. The van der Waals surface area contributed by atoms with Gasteiger partial charge in [-0.2, -0.15) is 0 Å². The predicted molar refractivity (Wildman–Crippen MR) is 176 cm³/mol. The first-order valence-corrected chi connectivity index (χ1v) is 16.4. The van der Waals surface area contributed by atoms with Gasteiger partial charge in [-0.1, -0.05) is 64.1 Å². The molecule has 0 amide bonds. The van der Waals surface area contributed by atoms with Crippen molar-refractivity contribution in [3.05, 3.63) is 101 Å². The van der Waals surface area contributed by atoms with E-state index in [-0.39, 0.29) is 18.0 Å². The van der Waals surface area contributed by atoms with Gasteiger partial charge >= 0.3 is 0 Å². The Balaban J connectivity index is 0.000000491. The molecule has 230 valence electrons. The van der Waals surface area contributed by atoms with Crippen LogP contribution >= 0.6 is 0 Å². The molecule has 0 aliphatic carbocycles. The van der Waals surface area contributed by atoms with Crippen LogP contribution in [0.4, 0.5) is 5.69 Å². The van der Waals surface area contributed by atoms with E-state index in [1.165, 1.54) is 23.2 Å². The maximum Gasteiger partial charge on any atom is 0.214 e. The first-order valence-electron chi connectivity index (χ1n) is 14.5. The number of benzene rings is 3. The normalized spacial score (nSPS) is 16.0. The smallest absolute Gasteiger partial charge is 0.214 e. The van der Waals surface area contributed by atoms with Crippen molar-refractivity contribution in [3.63, 3.8) is 0 Å². The quantitative estimate of drug-likeness (QED) is 0.168. The molecule has 0 aromatic heterocycles. The van der Waals surface area contributed by atoms with Crippen molar-refractivity contribution < 1.29 is 17.9 Å². The fraction of sp³-hybridized carbons (Fsp3) is 0.382. The number of fused-ring (bicyclic) bond motifs is 1. The summed E-state index contributed by atoms with van der Waals surface area (Å²) >= 11 is 0. The highest BCUT2D eigenvalue weighted by Gasteiger charge is 2.43. The Kier molecular flexibility index (Phi) is 15.0. The second-order valence-electron chi connectivity index (χ2n) is 9.23. The number of nitrogens with zero attached hydrogens (tertiary/aromatic N) is 1. The summed E-state index contributed by atoms with van der Waals surface area (Å²) in [5.41, 5.74) is 10.5. The SMILES string of the molecule is C/C=C1\N(CC)c2ccc(OC)cc2C1(C)Cc1ccc(S(C)(=O)=O)cc1.CC.CC.N=C(OCN)c1ccccc1. The highest BCUT2D eigenvalue weighted by atomic mass is 32.2. The summed E-state index contributed by atoms with van der Waals surface area (Å²) in [4.78, 5) is 2.70.